The maximum Gasteiger partial charge on any atom is 0.319 e. The lowest BCUT2D eigenvalue weighted by Gasteiger charge is -2.08. The number of aromatic amines is 1. The van der Waals surface area contributed by atoms with Crippen molar-refractivity contribution in [3.8, 4) is 0 Å². The average molecular weight is 358 g/mol. The number of nitrogens with one attached hydrogen (secondary N) is 3. The number of rotatable bonds is 5. The minimum atomic E-state index is -3.69. The predicted molar refractivity (Wildman–Crippen MR) is 88.4 cm³/mol. The molecule has 0 saturated carbocycles. The molecule has 0 fully saturated rings. The number of carbonyl (C=O) groups excluding carboxylic acids is 1. The van der Waals surface area contributed by atoms with Crippen LogP contribution in [-0.4, -0.2) is 34.6 Å². The number of amides is 2. The maximum absolute atomic E-state index is 12.4. The molecular formula is C15H14N6O3S. The molecule has 25 heavy (non-hydrogen) atoms. The van der Waals surface area contributed by atoms with Crippen LogP contribution in [0, 0.1) is 0 Å². The van der Waals surface area contributed by atoms with E-state index in [0.29, 0.717) is 12.2 Å². The third kappa shape index (κ3) is 3.98. The lowest BCUT2D eigenvalue weighted by Crippen LogP contribution is -2.28. The molecule has 3 N–H and O–H groups in total. The second kappa shape index (κ2) is 7.09. The summed E-state index contributed by atoms with van der Waals surface area (Å²) in [7, 11) is -3.69. The van der Waals surface area contributed by atoms with Crippen molar-refractivity contribution in [3.63, 3.8) is 0 Å². The molecule has 0 aliphatic heterocycles. The molecule has 128 valence electrons. The lowest BCUT2D eigenvalue weighted by molar-refractivity contribution is 0.251. The first-order valence-corrected chi connectivity index (χ1v) is 8.67. The summed E-state index contributed by atoms with van der Waals surface area (Å²) in [5.41, 5.74) is 1.30. The summed E-state index contributed by atoms with van der Waals surface area (Å²) in [5.74, 6) is 0. The van der Waals surface area contributed by atoms with E-state index in [2.05, 4.69) is 30.8 Å². The zero-order valence-electron chi connectivity index (χ0n) is 12.9. The first kappa shape index (κ1) is 16.6. The van der Waals surface area contributed by atoms with Crippen molar-refractivity contribution < 1.29 is 13.2 Å². The third-order valence-electron chi connectivity index (χ3n) is 3.28. The first-order chi connectivity index (χ1) is 12.1. The van der Waals surface area contributed by atoms with Gasteiger partial charge >= 0.3 is 6.03 Å². The van der Waals surface area contributed by atoms with Gasteiger partial charge in [0.1, 0.15) is 11.2 Å². The Bertz CT molecular complexity index is 941. The Morgan fingerprint density at radius 2 is 1.76 bits per heavy atom. The Hall–Kier alpha value is -3.27. The van der Waals surface area contributed by atoms with Gasteiger partial charge in [-0.1, -0.05) is 0 Å². The van der Waals surface area contributed by atoms with E-state index in [1.165, 1.54) is 43.0 Å². The van der Waals surface area contributed by atoms with Gasteiger partial charge in [0.15, 0.2) is 0 Å². The molecule has 0 aliphatic rings. The van der Waals surface area contributed by atoms with Crippen LogP contribution >= 0.6 is 0 Å². The van der Waals surface area contributed by atoms with Gasteiger partial charge in [-0.3, -0.25) is 5.10 Å². The number of sulfone groups is 1. The van der Waals surface area contributed by atoms with E-state index in [0.717, 1.165) is 5.56 Å². The van der Waals surface area contributed by atoms with E-state index in [1.54, 1.807) is 12.4 Å². The lowest BCUT2D eigenvalue weighted by atomic mass is 10.3. The molecule has 0 atom stereocenters. The molecule has 2 amide bonds. The average Bonchev–Trinajstić information content (AvgIpc) is 3.15. The van der Waals surface area contributed by atoms with Crippen molar-refractivity contribution in [1.82, 2.24) is 25.5 Å². The quantitative estimate of drug-likeness (QED) is 0.631. The van der Waals surface area contributed by atoms with Gasteiger partial charge in [-0.25, -0.2) is 23.2 Å². The summed E-state index contributed by atoms with van der Waals surface area (Å²) in [4.78, 5) is 19.3. The molecule has 0 bridgehead atoms. The molecule has 10 heteroatoms. The molecule has 2 aromatic heterocycles. The monoisotopic (exact) mass is 358 g/mol. The Kier molecular flexibility index (Phi) is 4.70. The van der Waals surface area contributed by atoms with Crippen molar-refractivity contribution in [3.05, 3.63) is 60.9 Å². The molecule has 1 aromatic carbocycles. The van der Waals surface area contributed by atoms with Crippen molar-refractivity contribution in [2.45, 2.75) is 16.3 Å². The van der Waals surface area contributed by atoms with E-state index in [9.17, 15) is 13.2 Å². The normalized spacial score (nSPS) is 11.0. The van der Waals surface area contributed by atoms with Gasteiger partial charge in [0.05, 0.1) is 11.1 Å². The summed E-state index contributed by atoms with van der Waals surface area (Å²) in [5, 5.41) is 11.7. The van der Waals surface area contributed by atoms with Crippen LogP contribution in [0.2, 0.25) is 0 Å². The Balaban J connectivity index is 1.65. The summed E-state index contributed by atoms with van der Waals surface area (Å²) >= 11 is 0. The number of aromatic nitrogens is 4. The van der Waals surface area contributed by atoms with Gasteiger partial charge in [-0.05, 0) is 24.3 Å². The Morgan fingerprint density at radius 3 is 2.40 bits per heavy atom. The molecule has 3 aromatic rings. The van der Waals surface area contributed by atoms with Gasteiger partial charge in [0.2, 0.25) is 9.84 Å². The summed E-state index contributed by atoms with van der Waals surface area (Å²) < 4.78 is 24.8. The van der Waals surface area contributed by atoms with Crippen LogP contribution in [-0.2, 0) is 16.4 Å². The number of nitrogens with zero attached hydrogens (tertiary/aromatic N) is 3. The van der Waals surface area contributed by atoms with Crippen LogP contribution in [0.5, 0.6) is 0 Å². The Morgan fingerprint density at radius 1 is 1.04 bits per heavy atom. The highest BCUT2D eigenvalue weighted by Crippen LogP contribution is 2.21. The van der Waals surface area contributed by atoms with E-state index in [4.69, 9.17) is 0 Å². The molecule has 0 aliphatic carbocycles. The van der Waals surface area contributed by atoms with E-state index < -0.39 is 15.9 Å². The van der Waals surface area contributed by atoms with Gasteiger partial charge in [-0.15, -0.1) is 0 Å². The van der Waals surface area contributed by atoms with Gasteiger partial charge < -0.3 is 10.6 Å². The van der Waals surface area contributed by atoms with Crippen LogP contribution in [0.15, 0.2) is 65.2 Å². The summed E-state index contributed by atoms with van der Waals surface area (Å²) in [6.07, 6.45) is 7.00. The van der Waals surface area contributed by atoms with Crippen molar-refractivity contribution in [2.75, 3.05) is 5.32 Å². The number of hydrogen-bond donors (Lipinski definition) is 3. The molecule has 2 heterocycles. The van der Waals surface area contributed by atoms with E-state index in [-0.39, 0.29) is 9.79 Å². The summed E-state index contributed by atoms with van der Waals surface area (Å²) in [6, 6.07) is 5.43. The third-order valence-corrected chi connectivity index (χ3v) is 5.00. The maximum atomic E-state index is 12.4. The van der Waals surface area contributed by atoms with Crippen LogP contribution in [0.1, 0.15) is 5.56 Å². The van der Waals surface area contributed by atoms with Gasteiger partial charge in [0, 0.05) is 36.4 Å². The number of anilines is 1. The standard InChI is InChI=1S/C15H14N6O3S/c22-15(18-5-11-6-19-20-7-11)21-12-1-3-13(4-2-12)25(23,24)14-8-16-10-17-9-14/h1-4,6-10H,5H2,(H,19,20)(H2,18,21,22). The molecule has 0 radical (unpaired) electrons. The van der Waals surface area contributed by atoms with Gasteiger partial charge in [-0.2, -0.15) is 5.10 Å². The van der Waals surface area contributed by atoms with E-state index >= 15 is 0 Å². The SMILES string of the molecule is O=C(NCc1cn[nH]c1)Nc1ccc(S(=O)(=O)c2cncnc2)cc1. The Labute approximate surface area is 143 Å². The zero-order valence-corrected chi connectivity index (χ0v) is 13.7. The highest BCUT2D eigenvalue weighted by atomic mass is 32.2. The minimum absolute atomic E-state index is 0.00793. The fourth-order valence-corrected chi connectivity index (χ4v) is 3.18. The summed E-state index contributed by atoms with van der Waals surface area (Å²) in [6.45, 7) is 0.322. The highest BCUT2D eigenvalue weighted by molar-refractivity contribution is 7.91. The molecular weight excluding hydrogens is 344 g/mol. The molecule has 9 nitrogen and oxygen atoms in total. The van der Waals surface area contributed by atoms with Crippen molar-refractivity contribution >= 4 is 21.6 Å². The largest absolute Gasteiger partial charge is 0.334 e. The minimum Gasteiger partial charge on any atom is -0.334 e. The number of benzene rings is 1. The first-order valence-electron chi connectivity index (χ1n) is 7.18. The molecule has 0 saturated heterocycles. The van der Waals surface area contributed by atoms with Crippen molar-refractivity contribution in [1.29, 1.82) is 0 Å². The molecule has 0 unspecified atom stereocenters. The second-order valence-electron chi connectivity index (χ2n) is 5.02. The van der Waals surface area contributed by atoms with Crippen LogP contribution in [0.4, 0.5) is 10.5 Å². The van der Waals surface area contributed by atoms with Crippen LogP contribution in [0.3, 0.4) is 0 Å². The molecule has 3 rings (SSSR count). The number of H-pyrrole nitrogens is 1. The van der Waals surface area contributed by atoms with Crippen LogP contribution < -0.4 is 10.6 Å². The number of hydrogen-bond acceptors (Lipinski definition) is 6. The number of urea groups is 1. The zero-order chi connectivity index (χ0) is 17.7. The van der Waals surface area contributed by atoms with Crippen molar-refractivity contribution in [2.24, 2.45) is 0 Å². The highest BCUT2D eigenvalue weighted by Gasteiger charge is 2.18. The van der Waals surface area contributed by atoms with Gasteiger partial charge in [0.25, 0.3) is 0 Å². The fourth-order valence-electron chi connectivity index (χ4n) is 2.01. The topological polar surface area (TPSA) is 130 Å². The van der Waals surface area contributed by atoms with E-state index in [1.807, 2.05) is 0 Å². The number of carbonyl (C=O) groups is 1. The molecule has 0 spiro atoms. The van der Waals surface area contributed by atoms with Crippen LogP contribution in [0.25, 0.3) is 0 Å². The second-order valence-corrected chi connectivity index (χ2v) is 6.97. The fraction of sp³-hybridized carbons (Fsp3) is 0.0667. The predicted octanol–water partition coefficient (Wildman–Crippen LogP) is 1.35. The smallest absolute Gasteiger partial charge is 0.319 e.